The SMILES string of the molecule is CCC(Sc1cccc(NC(=O)c2ccc(Cl)cc2Cl)c1)C(=O)Nc1ccc(C(C)C)cc1. The highest BCUT2D eigenvalue weighted by atomic mass is 35.5. The number of hydrogen-bond acceptors (Lipinski definition) is 3. The van der Waals surface area contributed by atoms with Crippen LogP contribution in [-0.4, -0.2) is 17.1 Å². The highest BCUT2D eigenvalue weighted by Crippen LogP contribution is 2.29. The average molecular weight is 501 g/mol. The lowest BCUT2D eigenvalue weighted by Crippen LogP contribution is -2.24. The van der Waals surface area contributed by atoms with Gasteiger partial charge < -0.3 is 10.6 Å². The molecule has 1 unspecified atom stereocenters. The minimum Gasteiger partial charge on any atom is -0.325 e. The van der Waals surface area contributed by atoms with Crippen LogP contribution < -0.4 is 10.6 Å². The molecule has 3 aromatic carbocycles. The smallest absolute Gasteiger partial charge is 0.257 e. The summed E-state index contributed by atoms with van der Waals surface area (Å²) in [5, 5.41) is 6.34. The van der Waals surface area contributed by atoms with Crippen LogP contribution in [0.25, 0.3) is 0 Å². The van der Waals surface area contributed by atoms with E-state index in [2.05, 4.69) is 24.5 Å². The second kappa shape index (κ2) is 11.6. The van der Waals surface area contributed by atoms with Crippen LogP contribution >= 0.6 is 35.0 Å². The minimum absolute atomic E-state index is 0.0535. The van der Waals surface area contributed by atoms with E-state index in [-0.39, 0.29) is 22.1 Å². The van der Waals surface area contributed by atoms with Crippen molar-refractivity contribution in [2.75, 3.05) is 10.6 Å². The van der Waals surface area contributed by atoms with Crippen molar-refractivity contribution in [3.05, 3.63) is 87.9 Å². The zero-order valence-electron chi connectivity index (χ0n) is 18.7. The molecule has 0 spiro atoms. The van der Waals surface area contributed by atoms with Gasteiger partial charge in [-0.05, 0) is 66.4 Å². The quantitative estimate of drug-likeness (QED) is 0.309. The molecular formula is C26H26Cl2N2O2S. The fourth-order valence-corrected chi connectivity index (χ4v) is 4.69. The molecule has 172 valence electrons. The Hall–Kier alpha value is -2.47. The summed E-state index contributed by atoms with van der Waals surface area (Å²) in [5.41, 5.74) is 2.97. The molecule has 0 heterocycles. The Morgan fingerprint density at radius 1 is 0.909 bits per heavy atom. The molecule has 0 aliphatic rings. The van der Waals surface area contributed by atoms with Crippen LogP contribution in [0.2, 0.25) is 10.0 Å². The number of rotatable bonds is 8. The van der Waals surface area contributed by atoms with Gasteiger partial charge in [-0.3, -0.25) is 9.59 Å². The van der Waals surface area contributed by atoms with Crippen LogP contribution in [0.3, 0.4) is 0 Å². The summed E-state index contributed by atoms with van der Waals surface area (Å²) in [6.45, 7) is 6.25. The number of anilines is 2. The first kappa shape index (κ1) is 25.2. The molecule has 0 radical (unpaired) electrons. The first-order valence-corrected chi connectivity index (χ1v) is 12.3. The van der Waals surface area contributed by atoms with Gasteiger partial charge in [0.15, 0.2) is 0 Å². The van der Waals surface area contributed by atoms with Gasteiger partial charge in [-0.1, -0.05) is 62.2 Å². The number of amides is 2. The molecule has 33 heavy (non-hydrogen) atoms. The first-order chi connectivity index (χ1) is 15.8. The highest BCUT2D eigenvalue weighted by molar-refractivity contribution is 8.00. The number of hydrogen-bond donors (Lipinski definition) is 2. The highest BCUT2D eigenvalue weighted by Gasteiger charge is 2.19. The molecule has 0 fully saturated rings. The number of carbonyl (C=O) groups excluding carboxylic acids is 2. The van der Waals surface area contributed by atoms with E-state index in [0.29, 0.717) is 28.6 Å². The van der Waals surface area contributed by atoms with Gasteiger partial charge >= 0.3 is 0 Å². The van der Waals surface area contributed by atoms with E-state index in [4.69, 9.17) is 23.2 Å². The Morgan fingerprint density at radius 3 is 2.27 bits per heavy atom. The summed E-state index contributed by atoms with van der Waals surface area (Å²) >= 11 is 13.5. The van der Waals surface area contributed by atoms with Crippen LogP contribution in [0.15, 0.2) is 71.6 Å². The Labute approximate surface area is 209 Å². The molecular weight excluding hydrogens is 475 g/mol. The number of benzene rings is 3. The molecule has 3 aromatic rings. The van der Waals surface area contributed by atoms with E-state index in [1.165, 1.54) is 23.4 Å². The van der Waals surface area contributed by atoms with Crippen LogP contribution in [-0.2, 0) is 4.79 Å². The van der Waals surface area contributed by atoms with Crippen molar-refractivity contribution in [3.63, 3.8) is 0 Å². The van der Waals surface area contributed by atoms with Crippen molar-refractivity contribution in [3.8, 4) is 0 Å². The predicted molar refractivity (Wildman–Crippen MR) is 140 cm³/mol. The van der Waals surface area contributed by atoms with Gasteiger partial charge in [-0.15, -0.1) is 11.8 Å². The van der Waals surface area contributed by atoms with Crippen molar-refractivity contribution in [1.82, 2.24) is 0 Å². The summed E-state index contributed by atoms with van der Waals surface area (Å²) in [5.74, 6) is 0.0628. The lowest BCUT2D eigenvalue weighted by atomic mass is 10.0. The Bertz CT molecular complexity index is 1130. The second-order valence-corrected chi connectivity index (χ2v) is 10.0. The van der Waals surface area contributed by atoms with Gasteiger partial charge in [-0.2, -0.15) is 0 Å². The summed E-state index contributed by atoms with van der Waals surface area (Å²) in [6.07, 6.45) is 0.664. The standard InChI is InChI=1S/C26H26Cl2N2O2S/c1-4-24(26(32)29-19-11-8-17(9-12-19)16(2)3)33-21-7-5-6-20(15-21)30-25(31)22-13-10-18(27)14-23(22)28/h5-16,24H,4H2,1-3H3,(H,29,32)(H,30,31). The maximum Gasteiger partial charge on any atom is 0.257 e. The fourth-order valence-electron chi connectivity index (χ4n) is 3.18. The van der Waals surface area contributed by atoms with E-state index >= 15 is 0 Å². The lowest BCUT2D eigenvalue weighted by molar-refractivity contribution is -0.115. The normalized spacial score (nSPS) is 11.8. The monoisotopic (exact) mass is 500 g/mol. The number of nitrogens with one attached hydrogen (secondary N) is 2. The Balaban J connectivity index is 1.66. The summed E-state index contributed by atoms with van der Waals surface area (Å²) in [4.78, 5) is 26.3. The van der Waals surface area contributed by atoms with Gasteiger partial charge in [0.1, 0.15) is 0 Å². The molecule has 2 N–H and O–H groups in total. The molecule has 1 atom stereocenters. The van der Waals surface area contributed by atoms with Crippen molar-refractivity contribution in [2.45, 2.75) is 43.3 Å². The minimum atomic E-state index is -0.326. The molecule has 0 saturated carbocycles. The average Bonchev–Trinajstić information content (AvgIpc) is 2.78. The molecule has 2 amide bonds. The van der Waals surface area contributed by atoms with E-state index < -0.39 is 0 Å². The van der Waals surface area contributed by atoms with Crippen molar-refractivity contribution in [1.29, 1.82) is 0 Å². The summed E-state index contributed by atoms with van der Waals surface area (Å²) in [7, 11) is 0. The van der Waals surface area contributed by atoms with Gasteiger partial charge in [0.2, 0.25) is 5.91 Å². The third kappa shape index (κ3) is 7.00. The molecule has 7 heteroatoms. The van der Waals surface area contributed by atoms with Crippen LogP contribution in [0.1, 0.15) is 49.0 Å². The van der Waals surface area contributed by atoms with Gasteiger partial charge in [0.05, 0.1) is 15.8 Å². The molecule has 0 aliphatic carbocycles. The molecule has 0 aromatic heterocycles. The van der Waals surface area contributed by atoms with E-state index in [1.54, 1.807) is 18.2 Å². The van der Waals surface area contributed by atoms with Gasteiger partial charge in [0, 0.05) is 21.3 Å². The van der Waals surface area contributed by atoms with Gasteiger partial charge in [0.25, 0.3) is 5.91 Å². The fraction of sp³-hybridized carbons (Fsp3) is 0.231. The molecule has 0 aliphatic heterocycles. The maximum absolute atomic E-state index is 12.9. The number of thioether (sulfide) groups is 1. The van der Waals surface area contributed by atoms with Crippen LogP contribution in [0, 0.1) is 0 Å². The summed E-state index contributed by atoms with van der Waals surface area (Å²) < 4.78 is 0. The number of halogens is 2. The summed E-state index contributed by atoms with van der Waals surface area (Å²) in [6, 6.07) is 20.1. The van der Waals surface area contributed by atoms with Gasteiger partial charge in [-0.25, -0.2) is 0 Å². The zero-order chi connectivity index (χ0) is 24.0. The largest absolute Gasteiger partial charge is 0.325 e. The van der Waals surface area contributed by atoms with Crippen molar-refractivity contribution in [2.24, 2.45) is 0 Å². The molecule has 3 rings (SSSR count). The first-order valence-electron chi connectivity index (χ1n) is 10.7. The third-order valence-corrected chi connectivity index (χ3v) is 6.96. The third-order valence-electron chi connectivity index (χ3n) is 5.05. The van der Waals surface area contributed by atoms with Crippen molar-refractivity contribution >= 4 is 58.2 Å². The van der Waals surface area contributed by atoms with E-state index in [0.717, 1.165) is 10.6 Å². The van der Waals surface area contributed by atoms with Crippen LogP contribution in [0.5, 0.6) is 0 Å². The lowest BCUT2D eigenvalue weighted by Gasteiger charge is -2.16. The topological polar surface area (TPSA) is 58.2 Å². The second-order valence-electron chi connectivity index (χ2n) is 7.89. The zero-order valence-corrected chi connectivity index (χ0v) is 21.0. The predicted octanol–water partition coefficient (Wildman–Crippen LogP) is 7.88. The Kier molecular flexibility index (Phi) is 8.84. The molecule has 0 saturated heterocycles. The van der Waals surface area contributed by atoms with Crippen molar-refractivity contribution < 1.29 is 9.59 Å². The molecule has 0 bridgehead atoms. The van der Waals surface area contributed by atoms with Crippen LogP contribution in [0.4, 0.5) is 11.4 Å². The maximum atomic E-state index is 12.9. The van der Waals surface area contributed by atoms with E-state index in [9.17, 15) is 9.59 Å². The molecule has 4 nitrogen and oxygen atoms in total. The number of carbonyl (C=O) groups is 2. The Morgan fingerprint density at radius 2 is 1.64 bits per heavy atom. The van der Waals surface area contributed by atoms with E-state index in [1.807, 2.05) is 49.4 Å².